The normalized spacial score (nSPS) is 13.6. The second kappa shape index (κ2) is 12.9. The molecule has 8 nitrogen and oxygen atoms in total. The van der Waals surface area contributed by atoms with E-state index in [1.54, 1.807) is 0 Å². The highest BCUT2D eigenvalue weighted by molar-refractivity contribution is 5.98. The summed E-state index contributed by atoms with van der Waals surface area (Å²) in [6.45, 7) is 4.01. The molecule has 0 fully saturated rings. The molecule has 8 heteroatoms. The molecule has 1 unspecified atom stereocenters. The standard InChI is InChI=1S/C20H31N3O5/c1-14(23-28-12-11-22-15(2)24)17-6-3-16(4-7-17)5-9-19(25)13-18(21)8-10-20(26)27/h3-4,6-7,18-19,25H,5,8-13,21H2,1-2H3,(H,22,24)(H,26,27)/b23-14+/t18-,19?/m1/s1. The molecule has 1 aromatic carbocycles. The lowest BCUT2D eigenvalue weighted by Crippen LogP contribution is -2.27. The van der Waals surface area contributed by atoms with Crippen LogP contribution in [0.15, 0.2) is 29.4 Å². The van der Waals surface area contributed by atoms with E-state index in [-0.39, 0.29) is 18.4 Å². The van der Waals surface area contributed by atoms with Crippen molar-refractivity contribution in [2.75, 3.05) is 13.2 Å². The summed E-state index contributed by atoms with van der Waals surface area (Å²) in [6, 6.07) is 7.52. The van der Waals surface area contributed by atoms with Gasteiger partial charge < -0.3 is 26.1 Å². The lowest BCUT2D eigenvalue weighted by molar-refractivity contribution is -0.137. The summed E-state index contributed by atoms with van der Waals surface area (Å²) in [5.74, 6) is -0.978. The van der Waals surface area contributed by atoms with Crippen molar-refractivity contribution in [3.05, 3.63) is 35.4 Å². The molecule has 0 aromatic heterocycles. The third-order valence-electron chi connectivity index (χ3n) is 4.21. The van der Waals surface area contributed by atoms with Crippen LogP contribution < -0.4 is 11.1 Å². The van der Waals surface area contributed by atoms with Crippen LogP contribution in [0.25, 0.3) is 0 Å². The van der Waals surface area contributed by atoms with Gasteiger partial charge in [0.05, 0.1) is 18.4 Å². The number of rotatable bonds is 13. The Balaban J connectivity index is 2.37. The van der Waals surface area contributed by atoms with E-state index in [0.29, 0.717) is 38.8 Å². The fraction of sp³-hybridized carbons (Fsp3) is 0.550. The van der Waals surface area contributed by atoms with Crippen molar-refractivity contribution in [3.63, 3.8) is 0 Å². The molecule has 1 rings (SSSR count). The third-order valence-corrected chi connectivity index (χ3v) is 4.21. The number of oxime groups is 1. The van der Waals surface area contributed by atoms with Crippen LogP contribution in [0.4, 0.5) is 0 Å². The highest BCUT2D eigenvalue weighted by Crippen LogP contribution is 2.12. The zero-order valence-electron chi connectivity index (χ0n) is 16.6. The first-order valence-electron chi connectivity index (χ1n) is 9.43. The predicted octanol–water partition coefficient (Wildman–Crippen LogP) is 1.44. The van der Waals surface area contributed by atoms with Gasteiger partial charge in [0.2, 0.25) is 5.91 Å². The summed E-state index contributed by atoms with van der Waals surface area (Å²) in [4.78, 5) is 26.5. The van der Waals surface area contributed by atoms with Gasteiger partial charge in [-0.2, -0.15) is 0 Å². The molecule has 0 spiro atoms. The van der Waals surface area contributed by atoms with Gasteiger partial charge in [0.25, 0.3) is 0 Å². The minimum atomic E-state index is -0.873. The van der Waals surface area contributed by atoms with Gasteiger partial charge in [-0.05, 0) is 43.7 Å². The molecule has 28 heavy (non-hydrogen) atoms. The van der Waals surface area contributed by atoms with Crippen molar-refractivity contribution in [1.82, 2.24) is 5.32 Å². The molecule has 0 heterocycles. The number of carbonyl (C=O) groups excluding carboxylic acids is 1. The van der Waals surface area contributed by atoms with Crippen LogP contribution in [-0.2, 0) is 20.8 Å². The van der Waals surface area contributed by atoms with Crippen molar-refractivity contribution in [1.29, 1.82) is 0 Å². The Labute approximate surface area is 165 Å². The number of nitrogens with zero attached hydrogens (tertiary/aromatic N) is 1. The van der Waals surface area contributed by atoms with Gasteiger partial charge in [-0.3, -0.25) is 9.59 Å². The molecule has 5 N–H and O–H groups in total. The number of nitrogens with two attached hydrogens (primary N) is 1. The number of hydrogen-bond acceptors (Lipinski definition) is 6. The van der Waals surface area contributed by atoms with Crippen LogP contribution in [-0.4, -0.2) is 53.1 Å². The lowest BCUT2D eigenvalue weighted by atomic mass is 9.99. The quantitative estimate of drug-likeness (QED) is 0.228. The number of benzene rings is 1. The summed E-state index contributed by atoms with van der Waals surface area (Å²) in [7, 11) is 0. The number of carboxylic acid groups (broad SMARTS) is 1. The SMILES string of the molecule is CC(=O)NCCO/N=C(\C)c1ccc(CCC(O)C[C@H](N)CCC(=O)O)cc1. The summed E-state index contributed by atoms with van der Waals surface area (Å²) >= 11 is 0. The van der Waals surface area contributed by atoms with E-state index < -0.39 is 12.1 Å². The third kappa shape index (κ3) is 10.6. The monoisotopic (exact) mass is 393 g/mol. The van der Waals surface area contributed by atoms with Crippen molar-refractivity contribution in [3.8, 4) is 0 Å². The van der Waals surface area contributed by atoms with Crippen LogP contribution in [0.3, 0.4) is 0 Å². The van der Waals surface area contributed by atoms with Crippen LogP contribution in [0.2, 0.25) is 0 Å². The number of aryl methyl sites for hydroxylation is 1. The predicted molar refractivity (Wildman–Crippen MR) is 107 cm³/mol. The second-order valence-electron chi connectivity index (χ2n) is 6.81. The number of aliphatic carboxylic acids is 1. The van der Waals surface area contributed by atoms with E-state index >= 15 is 0 Å². The number of nitrogens with one attached hydrogen (secondary N) is 1. The van der Waals surface area contributed by atoms with Crippen molar-refractivity contribution < 1.29 is 24.6 Å². The van der Waals surface area contributed by atoms with E-state index in [1.165, 1.54) is 6.92 Å². The average Bonchev–Trinajstić information content (AvgIpc) is 2.64. The van der Waals surface area contributed by atoms with Crippen LogP contribution in [0, 0.1) is 0 Å². The van der Waals surface area contributed by atoms with E-state index in [1.807, 2.05) is 31.2 Å². The van der Waals surface area contributed by atoms with Crippen molar-refractivity contribution >= 4 is 17.6 Å². The van der Waals surface area contributed by atoms with Gasteiger partial charge in [-0.15, -0.1) is 0 Å². The summed E-state index contributed by atoms with van der Waals surface area (Å²) < 4.78 is 0. The molecule has 0 aliphatic heterocycles. The maximum Gasteiger partial charge on any atom is 0.303 e. The molecule has 0 aliphatic carbocycles. The van der Waals surface area contributed by atoms with Crippen LogP contribution >= 0.6 is 0 Å². The zero-order chi connectivity index (χ0) is 20.9. The van der Waals surface area contributed by atoms with Gasteiger partial charge >= 0.3 is 5.97 Å². The molecule has 0 bridgehead atoms. The van der Waals surface area contributed by atoms with Gasteiger partial charge in [0, 0.05) is 19.4 Å². The largest absolute Gasteiger partial charge is 0.481 e. The Kier molecular flexibility index (Phi) is 10.8. The number of amides is 1. The molecule has 0 saturated heterocycles. The molecule has 0 aliphatic rings. The Morgan fingerprint density at radius 3 is 2.50 bits per heavy atom. The Morgan fingerprint density at radius 2 is 1.89 bits per heavy atom. The first-order chi connectivity index (χ1) is 13.3. The van der Waals surface area contributed by atoms with Gasteiger partial charge in [-0.1, -0.05) is 29.4 Å². The van der Waals surface area contributed by atoms with Crippen molar-refractivity contribution in [2.24, 2.45) is 10.9 Å². The highest BCUT2D eigenvalue weighted by Gasteiger charge is 2.12. The molecule has 156 valence electrons. The highest BCUT2D eigenvalue weighted by atomic mass is 16.6. The van der Waals surface area contributed by atoms with Crippen LogP contribution in [0.5, 0.6) is 0 Å². The molecule has 0 radical (unpaired) electrons. The Morgan fingerprint density at radius 1 is 1.21 bits per heavy atom. The average molecular weight is 393 g/mol. The second-order valence-corrected chi connectivity index (χ2v) is 6.81. The first kappa shape index (κ1) is 23.6. The molecule has 2 atom stereocenters. The van der Waals surface area contributed by atoms with Gasteiger partial charge in [0.1, 0.15) is 6.61 Å². The fourth-order valence-electron chi connectivity index (χ4n) is 2.61. The van der Waals surface area contributed by atoms with Crippen LogP contribution in [0.1, 0.15) is 50.7 Å². The minimum Gasteiger partial charge on any atom is -0.481 e. The van der Waals surface area contributed by atoms with Gasteiger partial charge in [0.15, 0.2) is 0 Å². The number of aliphatic hydroxyl groups excluding tert-OH is 1. The van der Waals surface area contributed by atoms with E-state index in [9.17, 15) is 14.7 Å². The Hall–Kier alpha value is -2.45. The van der Waals surface area contributed by atoms with E-state index in [0.717, 1.165) is 16.8 Å². The lowest BCUT2D eigenvalue weighted by Gasteiger charge is -2.16. The number of carbonyl (C=O) groups is 2. The Bertz CT molecular complexity index is 646. The molecular formula is C20H31N3O5. The number of aliphatic hydroxyl groups is 1. The summed E-state index contributed by atoms with van der Waals surface area (Å²) in [5, 5.41) is 25.4. The maximum absolute atomic E-state index is 10.7. The molecule has 1 aromatic rings. The zero-order valence-corrected chi connectivity index (χ0v) is 16.6. The fourth-order valence-corrected chi connectivity index (χ4v) is 2.61. The van der Waals surface area contributed by atoms with E-state index in [2.05, 4.69) is 10.5 Å². The minimum absolute atomic E-state index is 0.0210. The molecule has 0 saturated carbocycles. The smallest absolute Gasteiger partial charge is 0.303 e. The number of hydrogen-bond donors (Lipinski definition) is 4. The van der Waals surface area contributed by atoms with Gasteiger partial charge in [-0.25, -0.2) is 0 Å². The molecule has 1 amide bonds. The summed E-state index contributed by atoms with van der Waals surface area (Å²) in [5.41, 5.74) is 8.60. The van der Waals surface area contributed by atoms with E-state index in [4.69, 9.17) is 15.7 Å². The number of carboxylic acids is 1. The maximum atomic E-state index is 10.7. The van der Waals surface area contributed by atoms with Crippen molar-refractivity contribution in [2.45, 2.75) is 58.1 Å². The first-order valence-corrected chi connectivity index (χ1v) is 9.43. The molecular weight excluding hydrogens is 362 g/mol. The topological polar surface area (TPSA) is 134 Å². The summed E-state index contributed by atoms with van der Waals surface area (Å²) in [6.07, 6.45) is 1.51.